The molecule has 1 aromatic carbocycles. The van der Waals surface area contributed by atoms with Gasteiger partial charge in [0.05, 0.1) is 17.6 Å². The molecule has 0 unspecified atom stereocenters. The van der Waals surface area contributed by atoms with Gasteiger partial charge in [-0.25, -0.2) is 4.98 Å². The number of rotatable bonds is 6. The molecule has 1 aromatic heterocycles. The number of halogens is 1. The molecule has 0 saturated carbocycles. The summed E-state index contributed by atoms with van der Waals surface area (Å²) in [4.78, 5) is 11.0. The van der Waals surface area contributed by atoms with E-state index in [1.54, 1.807) is 0 Å². The second-order valence-corrected chi connectivity index (χ2v) is 7.55. The molecule has 31 heavy (non-hydrogen) atoms. The lowest BCUT2D eigenvalue weighted by atomic mass is 10.1. The van der Waals surface area contributed by atoms with Gasteiger partial charge in [-0.1, -0.05) is 12.1 Å². The van der Waals surface area contributed by atoms with Crippen molar-refractivity contribution >= 4 is 34.8 Å². The van der Waals surface area contributed by atoms with Gasteiger partial charge in [-0.2, -0.15) is 0 Å². The van der Waals surface area contributed by atoms with Crippen LogP contribution in [0.3, 0.4) is 0 Å². The number of aliphatic hydroxyl groups excluding tert-OH is 1. The third kappa shape index (κ3) is 8.48. The van der Waals surface area contributed by atoms with Crippen LogP contribution in [-0.2, 0) is 12.4 Å². The van der Waals surface area contributed by atoms with E-state index < -0.39 is 0 Å². The molecule has 1 aliphatic heterocycles. The molecule has 0 bridgehead atoms. The maximum atomic E-state index is 8.23. The van der Waals surface area contributed by atoms with Gasteiger partial charge in [0.25, 0.3) is 0 Å². The summed E-state index contributed by atoms with van der Waals surface area (Å²) in [7, 11) is 2.19. The zero-order chi connectivity index (χ0) is 23.2. The first-order chi connectivity index (χ1) is 15.0. The van der Waals surface area contributed by atoms with E-state index >= 15 is 0 Å². The highest BCUT2D eigenvalue weighted by atomic mass is 35.5. The van der Waals surface area contributed by atoms with Crippen LogP contribution in [-0.4, -0.2) is 58.6 Å². The van der Waals surface area contributed by atoms with Crippen molar-refractivity contribution < 1.29 is 5.11 Å². The topological polar surface area (TPSA) is 65.7 Å². The van der Waals surface area contributed by atoms with Crippen LogP contribution in [0.5, 0.6) is 0 Å². The third-order valence-corrected chi connectivity index (χ3v) is 5.44. The number of aliphatic imine (C=N–C) groups is 1. The normalized spacial score (nSPS) is 15.4. The number of hydrogen-bond donors (Lipinski definition) is 2. The summed E-state index contributed by atoms with van der Waals surface area (Å²) in [6, 6.07) is 6.80. The Labute approximate surface area is 192 Å². The molecular weight excluding hydrogens is 410 g/mol. The van der Waals surface area contributed by atoms with Crippen LogP contribution >= 0.6 is 11.6 Å². The number of likely N-dealkylation sites (tertiary alicyclic amines) is 1. The van der Waals surface area contributed by atoms with Gasteiger partial charge in [-0.05, 0) is 71.4 Å². The first kappa shape index (κ1) is 26.9. The third-order valence-electron chi connectivity index (χ3n) is 5.13. The number of benzene rings is 1. The predicted molar refractivity (Wildman–Crippen MR) is 135 cm³/mol. The maximum absolute atomic E-state index is 8.23. The van der Waals surface area contributed by atoms with Crippen molar-refractivity contribution in [2.45, 2.75) is 52.1 Å². The van der Waals surface area contributed by atoms with E-state index in [0.717, 1.165) is 42.4 Å². The first-order valence-corrected chi connectivity index (χ1v) is 11.3. The molecule has 172 valence electrons. The smallest absolute Gasteiger partial charge is 0.204 e. The molecule has 1 saturated heterocycles. The van der Waals surface area contributed by atoms with Gasteiger partial charge in [-0.15, -0.1) is 24.8 Å². The zero-order valence-electron chi connectivity index (χ0n) is 19.4. The number of hydrogen-bond acceptors (Lipinski definition) is 5. The van der Waals surface area contributed by atoms with Crippen LogP contribution in [0.15, 0.2) is 48.1 Å². The first-order valence-electron chi connectivity index (χ1n) is 10.8. The molecule has 2 heterocycles. The summed E-state index contributed by atoms with van der Waals surface area (Å²) in [5, 5.41) is 11.9. The largest absolute Gasteiger partial charge is 0.391 e. The van der Waals surface area contributed by atoms with E-state index in [1.165, 1.54) is 24.6 Å². The number of nitrogens with zero attached hydrogens (tertiary/aromatic N) is 4. The fourth-order valence-electron chi connectivity index (χ4n) is 3.28. The number of aliphatic hydroxyl groups is 1. The van der Waals surface area contributed by atoms with Crippen LogP contribution in [0.1, 0.15) is 39.2 Å². The number of anilines is 1. The standard InChI is InChI=1S/C16H23ClN4.C6H11NO.C2H4/c1-3-21-15-10-12(11-17)4-5-14(15)19-16(21)18-13-6-8-20(2)9-7-13;1-3-6(2)7-4-5-8;1-2/h4-5,10,13H,3,6-9,11H2,1-2H3,(H,18,19);3-4,8H,5H2,1-2H3;1-2H2/b;6-3-,7-4?;. The summed E-state index contributed by atoms with van der Waals surface area (Å²) < 4.78 is 2.25. The Kier molecular flexibility index (Phi) is 12.8. The highest BCUT2D eigenvalue weighted by molar-refractivity contribution is 6.17. The van der Waals surface area contributed by atoms with Crippen molar-refractivity contribution in [2.75, 3.05) is 32.1 Å². The number of piperidine rings is 1. The number of alkyl halides is 1. The molecule has 6 nitrogen and oxygen atoms in total. The Bertz CT molecular complexity index is 838. The number of aryl methyl sites for hydroxylation is 1. The lowest BCUT2D eigenvalue weighted by molar-refractivity contribution is 0.263. The highest BCUT2D eigenvalue weighted by Gasteiger charge is 2.19. The van der Waals surface area contributed by atoms with Crippen molar-refractivity contribution in [3.63, 3.8) is 0 Å². The monoisotopic (exact) mass is 447 g/mol. The van der Waals surface area contributed by atoms with Gasteiger partial charge >= 0.3 is 0 Å². The quantitative estimate of drug-likeness (QED) is 0.368. The number of nitrogens with one attached hydrogen (secondary N) is 1. The Morgan fingerprint density at radius 1 is 1.35 bits per heavy atom. The molecule has 2 N–H and O–H groups in total. The summed E-state index contributed by atoms with van der Waals surface area (Å²) in [6.07, 6.45) is 5.70. The van der Waals surface area contributed by atoms with Gasteiger partial charge in [0.1, 0.15) is 0 Å². The van der Waals surface area contributed by atoms with Crippen LogP contribution in [0.25, 0.3) is 11.0 Å². The van der Waals surface area contributed by atoms with Crippen molar-refractivity contribution in [1.29, 1.82) is 0 Å². The molecule has 0 amide bonds. The molecule has 0 atom stereocenters. The van der Waals surface area contributed by atoms with E-state index in [9.17, 15) is 0 Å². The summed E-state index contributed by atoms with van der Waals surface area (Å²) in [5.41, 5.74) is 4.29. The van der Waals surface area contributed by atoms with Crippen molar-refractivity contribution in [1.82, 2.24) is 14.5 Å². The van der Waals surface area contributed by atoms with E-state index in [1.807, 2.05) is 19.9 Å². The molecule has 1 fully saturated rings. The zero-order valence-corrected chi connectivity index (χ0v) is 20.2. The molecule has 0 spiro atoms. The Hall–Kier alpha value is -2.15. The molecule has 7 heteroatoms. The van der Waals surface area contributed by atoms with Gasteiger partial charge in [0, 0.05) is 30.4 Å². The van der Waals surface area contributed by atoms with Crippen molar-refractivity contribution in [3.8, 4) is 0 Å². The molecule has 1 aliphatic rings. The SMILES string of the molecule is C/C=C(/C)N=CCO.C=C.CCn1c(NC2CCN(C)CC2)nc2ccc(CCl)cc21. The molecular formula is C24H38ClN5O. The van der Waals surface area contributed by atoms with Gasteiger partial charge in [0.15, 0.2) is 0 Å². The van der Waals surface area contributed by atoms with E-state index in [0.29, 0.717) is 11.9 Å². The molecule has 2 aromatic rings. The molecule has 0 aliphatic carbocycles. The van der Waals surface area contributed by atoms with E-state index in [-0.39, 0.29) is 6.61 Å². The van der Waals surface area contributed by atoms with Crippen molar-refractivity contribution in [3.05, 3.63) is 48.7 Å². The van der Waals surface area contributed by atoms with Crippen LogP contribution < -0.4 is 5.32 Å². The second kappa shape index (κ2) is 14.8. The fourth-order valence-corrected chi connectivity index (χ4v) is 3.44. The number of aromatic nitrogens is 2. The maximum Gasteiger partial charge on any atom is 0.204 e. The fraction of sp³-hybridized carbons (Fsp3) is 0.500. The summed E-state index contributed by atoms with van der Waals surface area (Å²) >= 11 is 5.95. The Morgan fingerprint density at radius 2 is 2.03 bits per heavy atom. The summed E-state index contributed by atoms with van der Waals surface area (Å²) in [5.74, 6) is 1.54. The Balaban J connectivity index is 0.000000409. The molecule has 3 rings (SSSR count). The van der Waals surface area contributed by atoms with Crippen LogP contribution in [0, 0.1) is 0 Å². The Morgan fingerprint density at radius 3 is 2.58 bits per heavy atom. The van der Waals surface area contributed by atoms with Crippen LogP contribution in [0.4, 0.5) is 5.95 Å². The lowest BCUT2D eigenvalue weighted by Crippen LogP contribution is -2.37. The van der Waals surface area contributed by atoms with Crippen LogP contribution in [0.2, 0.25) is 0 Å². The van der Waals surface area contributed by atoms with Gasteiger partial charge in [-0.3, -0.25) is 4.99 Å². The minimum atomic E-state index is 0.0190. The minimum Gasteiger partial charge on any atom is -0.391 e. The second-order valence-electron chi connectivity index (χ2n) is 7.28. The van der Waals surface area contributed by atoms with Gasteiger partial charge in [0.2, 0.25) is 5.95 Å². The summed E-state index contributed by atoms with van der Waals surface area (Å²) in [6.45, 7) is 15.2. The number of fused-ring (bicyclic) bond motifs is 1. The average molecular weight is 448 g/mol. The lowest BCUT2D eigenvalue weighted by Gasteiger charge is -2.29. The van der Waals surface area contributed by atoms with Gasteiger partial charge < -0.3 is 19.9 Å². The highest BCUT2D eigenvalue weighted by Crippen LogP contribution is 2.23. The molecule has 0 radical (unpaired) electrons. The number of imidazole rings is 1. The number of allylic oxidation sites excluding steroid dienone is 2. The minimum absolute atomic E-state index is 0.0190. The average Bonchev–Trinajstić information content (AvgIpc) is 3.16. The predicted octanol–water partition coefficient (Wildman–Crippen LogP) is 5.08. The van der Waals surface area contributed by atoms with Crippen molar-refractivity contribution in [2.24, 2.45) is 4.99 Å². The van der Waals surface area contributed by atoms with E-state index in [4.69, 9.17) is 21.7 Å². The van der Waals surface area contributed by atoms with E-state index in [2.05, 4.69) is 65.1 Å².